The lowest BCUT2D eigenvalue weighted by Gasteiger charge is -2.12. The van der Waals surface area contributed by atoms with Gasteiger partial charge in [-0.1, -0.05) is 12.1 Å². The van der Waals surface area contributed by atoms with Gasteiger partial charge in [0, 0.05) is 13.6 Å². The van der Waals surface area contributed by atoms with Crippen LogP contribution in [0.5, 0.6) is 5.75 Å². The van der Waals surface area contributed by atoms with E-state index in [0.29, 0.717) is 19.7 Å². The summed E-state index contributed by atoms with van der Waals surface area (Å²) < 4.78 is 5.70. The number of rotatable bonds is 6. The third-order valence-corrected chi connectivity index (χ3v) is 2.50. The van der Waals surface area contributed by atoms with Crippen molar-refractivity contribution >= 4 is 29.9 Å². The smallest absolute Gasteiger partial charge is 0.191 e. The van der Waals surface area contributed by atoms with Crippen LogP contribution < -0.4 is 15.4 Å². The molecule has 1 rings (SSSR count). The third kappa shape index (κ3) is 7.37. The van der Waals surface area contributed by atoms with Crippen LogP contribution in [0, 0.1) is 13.8 Å². The first-order valence-corrected chi connectivity index (χ1v) is 6.42. The Morgan fingerprint density at radius 3 is 2.45 bits per heavy atom. The molecule has 20 heavy (non-hydrogen) atoms. The minimum atomic E-state index is 0. The summed E-state index contributed by atoms with van der Waals surface area (Å²) >= 11 is 0. The predicted octanol–water partition coefficient (Wildman–Crippen LogP) is 2.65. The topological polar surface area (TPSA) is 45.7 Å². The maximum Gasteiger partial charge on any atom is 0.191 e. The van der Waals surface area contributed by atoms with Crippen LogP contribution in [0.2, 0.25) is 0 Å². The Balaban J connectivity index is 0.00000361. The van der Waals surface area contributed by atoms with Crippen LogP contribution in [-0.4, -0.2) is 32.7 Å². The van der Waals surface area contributed by atoms with Gasteiger partial charge >= 0.3 is 0 Å². The Morgan fingerprint density at radius 1 is 1.25 bits per heavy atom. The van der Waals surface area contributed by atoms with Gasteiger partial charge in [0.25, 0.3) is 0 Å². The van der Waals surface area contributed by atoms with Gasteiger partial charge in [-0.2, -0.15) is 0 Å². The van der Waals surface area contributed by atoms with E-state index in [4.69, 9.17) is 4.74 Å². The summed E-state index contributed by atoms with van der Waals surface area (Å²) in [7, 11) is 1.74. The SMILES string of the molecule is C=CCNC(=NC)NCCOc1cc(C)cc(C)c1.I. The number of benzene rings is 1. The summed E-state index contributed by atoms with van der Waals surface area (Å²) in [5.74, 6) is 1.66. The summed E-state index contributed by atoms with van der Waals surface area (Å²) in [6.45, 7) is 9.77. The first kappa shape index (κ1) is 18.8. The van der Waals surface area contributed by atoms with E-state index in [1.807, 2.05) is 12.1 Å². The first-order chi connectivity index (χ1) is 9.15. The molecule has 0 amide bonds. The van der Waals surface area contributed by atoms with Gasteiger partial charge in [0.1, 0.15) is 12.4 Å². The van der Waals surface area contributed by atoms with Crippen LogP contribution in [-0.2, 0) is 0 Å². The highest BCUT2D eigenvalue weighted by molar-refractivity contribution is 14.0. The highest BCUT2D eigenvalue weighted by Gasteiger charge is 1.98. The Labute approximate surface area is 138 Å². The summed E-state index contributed by atoms with van der Waals surface area (Å²) in [5.41, 5.74) is 2.43. The Hall–Kier alpha value is -1.24. The molecule has 4 nitrogen and oxygen atoms in total. The van der Waals surface area contributed by atoms with Crippen molar-refractivity contribution in [2.45, 2.75) is 13.8 Å². The van der Waals surface area contributed by atoms with E-state index in [1.165, 1.54) is 11.1 Å². The number of aliphatic imine (C=N–C) groups is 1. The van der Waals surface area contributed by atoms with Crippen LogP contribution in [0.4, 0.5) is 0 Å². The van der Waals surface area contributed by atoms with E-state index >= 15 is 0 Å². The normalized spacial score (nSPS) is 10.4. The Morgan fingerprint density at radius 2 is 1.90 bits per heavy atom. The Kier molecular flexibility index (Phi) is 9.88. The fraction of sp³-hybridized carbons (Fsp3) is 0.400. The fourth-order valence-electron chi connectivity index (χ4n) is 1.74. The number of hydrogen-bond donors (Lipinski definition) is 2. The Bertz CT molecular complexity index is 426. The summed E-state index contributed by atoms with van der Waals surface area (Å²) in [5, 5.41) is 6.27. The van der Waals surface area contributed by atoms with Crippen LogP contribution in [0.25, 0.3) is 0 Å². The summed E-state index contributed by atoms with van der Waals surface area (Å²) in [6, 6.07) is 6.21. The van der Waals surface area contributed by atoms with Crippen molar-refractivity contribution < 1.29 is 4.74 Å². The van der Waals surface area contributed by atoms with E-state index in [1.54, 1.807) is 13.1 Å². The molecule has 0 aliphatic rings. The molecular formula is C15H24IN3O. The molecule has 0 aliphatic heterocycles. The molecule has 0 bridgehead atoms. The van der Waals surface area contributed by atoms with Crippen molar-refractivity contribution in [1.82, 2.24) is 10.6 Å². The van der Waals surface area contributed by atoms with E-state index in [-0.39, 0.29) is 24.0 Å². The highest BCUT2D eigenvalue weighted by Crippen LogP contribution is 2.15. The van der Waals surface area contributed by atoms with E-state index in [0.717, 1.165) is 11.7 Å². The van der Waals surface area contributed by atoms with Crippen molar-refractivity contribution in [1.29, 1.82) is 0 Å². The second-order valence-electron chi connectivity index (χ2n) is 4.34. The van der Waals surface area contributed by atoms with Crippen LogP contribution in [0.15, 0.2) is 35.8 Å². The van der Waals surface area contributed by atoms with Gasteiger partial charge in [0.05, 0.1) is 6.54 Å². The minimum absolute atomic E-state index is 0. The minimum Gasteiger partial charge on any atom is -0.492 e. The van der Waals surface area contributed by atoms with Gasteiger partial charge in [-0.3, -0.25) is 4.99 Å². The van der Waals surface area contributed by atoms with Crippen LogP contribution in [0.3, 0.4) is 0 Å². The molecule has 0 fully saturated rings. The summed E-state index contributed by atoms with van der Waals surface area (Å²) in [4.78, 5) is 4.09. The van der Waals surface area contributed by atoms with Gasteiger partial charge in [-0.25, -0.2) is 0 Å². The zero-order valence-electron chi connectivity index (χ0n) is 12.4. The zero-order valence-corrected chi connectivity index (χ0v) is 14.7. The van der Waals surface area contributed by atoms with E-state index in [2.05, 4.69) is 42.1 Å². The zero-order chi connectivity index (χ0) is 14.1. The maximum absolute atomic E-state index is 5.70. The number of ether oxygens (including phenoxy) is 1. The molecule has 0 spiro atoms. The second-order valence-corrected chi connectivity index (χ2v) is 4.34. The average Bonchev–Trinajstić information content (AvgIpc) is 2.37. The monoisotopic (exact) mass is 389 g/mol. The molecule has 1 aromatic carbocycles. The number of hydrogen-bond acceptors (Lipinski definition) is 2. The standard InChI is InChI=1S/C15H23N3O.HI/c1-5-6-17-15(16-4)18-7-8-19-14-10-12(2)9-13(3)11-14;/h5,9-11H,1,6-8H2,2-4H3,(H2,16,17,18);1H. The molecule has 2 N–H and O–H groups in total. The largest absolute Gasteiger partial charge is 0.492 e. The number of nitrogens with zero attached hydrogens (tertiary/aromatic N) is 1. The van der Waals surface area contributed by atoms with Gasteiger partial charge in [0.15, 0.2) is 5.96 Å². The third-order valence-electron chi connectivity index (χ3n) is 2.50. The average molecular weight is 389 g/mol. The number of nitrogens with one attached hydrogen (secondary N) is 2. The van der Waals surface area contributed by atoms with Crippen molar-refractivity contribution in [2.24, 2.45) is 4.99 Å². The van der Waals surface area contributed by atoms with Crippen molar-refractivity contribution in [3.05, 3.63) is 42.0 Å². The van der Waals surface area contributed by atoms with E-state index < -0.39 is 0 Å². The molecule has 0 aromatic heterocycles. The molecule has 5 heteroatoms. The molecule has 0 radical (unpaired) electrons. The van der Waals surface area contributed by atoms with Crippen LogP contribution in [0.1, 0.15) is 11.1 Å². The van der Waals surface area contributed by atoms with Crippen molar-refractivity contribution in [3.63, 3.8) is 0 Å². The van der Waals surface area contributed by atoms with Crippen molar-refractivity contribution in [2.75, 3.05) is 26.7 Å². The maximum atomic E-state index is 5.70. The lowest BCUT2D eigenvalue weighted by Crippen LogP contribution is -2.39. The van der Waals surface area contributed by atoms with Crippen LogP contribution >= 0.6 is 24.0 Å². The molecular weight excluding hydrogens is 365 g/mol. The molecule has 1 aromatic rings. The fourth-order valence-corrected chi connectivity index (χ4v) is 1.74. The van der Waals surface area contributed by atoms with E-state index in [9.17, 15) is 0 Å². The lowest BCUT2D eigenvalue weighted by atomic mass is 10.1. The lowest BCUT2D eigenvalue weighted by molar-refractivity contribution is 0.321. The van der Waals surface area contributed by atoms with Crippen molar-refractivity contribution in [3.8, 4) is 5.75 Å². The number of aryl methyl sites for hydroxylation is 2. The quantitative estimate of drug-likeness (QED) is 0.259. The molecule has 0 heterocycles. The van der Waals surface area contributed by atoms with Gasteiger partial charge in [-0.05, 0) is 37.1 Å². The van der Waals surface area contributed by atoms with Gasteiger partial charge in [0.2, 0.25) is 0 Å². The first-order valence-electron chi connectivity index (χ1n) is 6.42. The molecule has 0 unspecified atom stereocenters. The number of halogens is 1. The highest BCUT2D eigenvalue weighted by atomic mass is 127. The molecule has 112 valence electrons. The molecule has 0 aliphatic carbocycles. The molecule has 0 atom stereocenters. The van der Waals surface area contributed by atoms with Gasteiger partial charge < -0.3 is 15.4 Å². The molecule has 0 saturated heterocycles. The summed E-state index contributed by atoms with van der Waals surface area (Å²) in [6.07, 6.45) is 1.79. The molecule has 0 saturated carbocycles. The number of guanidine groups is 1. The van der Waals surface area contributed by atoms with Gasteiger partial charge in [-0.15, -0.1) is 30.6 Å². The second kappa shape index (κ2) is 10.5. The predicted molar refractivity (Wildman–Crippen MR) is 96.4 cm³/mol.